The van der Waals surface area contributed by atoms with Gasteiger partial charge in [0.1, 0.15) is 11.9 Å². The standard InChI is InChI=1S/C13H17ClO2/c1-9-6-7-12(10(14)8-9)16-13-5-3-2-4-11(13)15/h6-8,11,13,15H,2-5H2,1H3/t11-,13-/m0/s1. The van der Waals surface area contributed by atoms with E-state index < -0.39 is 0 Å². The van der Waals surface area contributed by atoms with Crippen LogP contribution in [0.2, 0.25) is 5.02 Å². The van der Waals surface area contributed by atoms with E-state index in [0.29, 0.717) is 10.8 Å². The number of benzene rings is 1. The van der Waals surface area contributed by atoms with Crippen molar-refractivity contribution in [3.05, 3.63) is 28.8 Å². The SMILES string of the molecule is Cc1ccc(O[C@H]2CCCC[C@@H]2O)c(Cl)c1. The minimum atomic E-state index is -0.355. The Balaban J connectivity index is 2.07. The monoisotopic (exact) mass is 240 g/mol. The molecule has 16 heavy (non-hydrogen) atoms. The van der Waals surface area contributed by atoms with Gasteiger partial charge in [0.15, 0.2) is 0 Å². The van der Waals surface area contributed by atoms with Gasteiger partial charge in [-0.3, -0.25) is 0 Å². The molecule has 3 heteroatoms. The molecule has 1 aromatic rings. The molecule has 0 aliphatic heterocycles. The van der Waals surface area contributed by atoms with E-state index in [4.69, 9.17) is 16.3 Å². The smallest absolute Gasteiger partial charge is 0.138 e. The first kappa shape index (κ1) is 11.7. The molecule has 2 nitrogen and oxygen atoms in total. The summed E-state index contributed by atoms with van der Waals surface area (Å²) in [6.07, 6.45) is 3.48. The second-order valence-corrected chi connectivity index (χ2v) is 4.85. The summed E-state index contributed by atoms with van der Waals surface area (Å²) in [4.78, 5) is 0. The van der Waals surface area contributed by atoms with Gasteiger partial charge in [-0.25, -0.2) is 0 Å². The highest BCUT2D eigenvalue weighted by molar-refractivity contribution is 6.32. The van der Waals surface area contributed by atoms with Crippen molar-refractivity contribution in [2.75, 3.05) is 0 Å². The Labute approximate surface area is 101 Å². The lowest BCUT2D eigenvalue weighted by Gasteiger charge is -2.28. The molecule has 1 aliphatic carbocycles. The maximum absolute atomic E-state index is 9.81. The molecule has 2 atom stereocenters. The molecular weight excluding hydrogens is 224 g/mol. The van der Waals surface area contributed by atoms with E-state index >= 15 is 0 Å². The average molecular weight is 241 g/mol. The zero-order valence-electron chi connectivity index (χ0n) is 9.45. The van der Waals surface area contributed by atoms with Crippen LogP contribution >= 0.6 is 11.6 Å². The molecule has 0 amide bonds. The fraction of sp³-hybridized carbons (Fsp3) is 0.538. The van der Waals surface area contributed by atoms with E-state index in [1.807, 2.05) is 25.1 Å². The van der Waals surface area contributed by atoms with E-state index in [1.54, 1.807) is 0 Å². The van der Waals surface area contributed by atoms with Crippen molar-refractivity contribution in [3.63, 3.8) is 0 Å². The molecule has 1 aromatic carbocycles. The maximum Gasteiger partial charge on any atom is 0.138 e. The lowest BCUT2D eigenvalue weighted by molar-refractivity contribution is 0.00692. The Morgan fingerprint density at radius 1 is 1.31 bits per heavy atom. The number of aliphatic hydroxyl groups excluding tert-OH is 1. The van der Waals surface area contributed by atoms with Crippen LogP contribution in [0.1, 0.15) is 31.2 Å². The van der Waals surface area contributed by atoms with Gasteiger partial charge in [0.25, 0.3) is 0 Å². The van der Waals surface area contributed by atoms with Crippen molar-refractivity contribution in [2.24, 2.45) is 0 Å². The van der Waals surface area contributed by atoms with Crippen LogP contribution in [0.5, 0.6) is 5.75 Å². The van der Waals surface area contributed by atoms with Crippen LogP contribution in [0.15, 0.2) is 18.2 Å². The summed E-state index contributed by atoms with van der Waals surface area (Å²) in [6, 6.07) is 5.72. The first-order valence-electron chi connectivity index (χ1n) is 5.77. The highest BCUT2D eigenvalue weighted by Crippen LogP contribution is 2.29. The number of aryl methyl sites for hydroxylation is 1. The van der Waals surface area contributed by atoms with Crippen LogP contribution in [0.25, 0.3) is 0 Å². The van der Waals surface area contributed by atoms with Crippen molar-refractivity contribution in [3.8, 4) is 5.75 Å². The van der Waals surface area contributed by atoms with Crippen molar-refractivity contribution >= 4 is 11.6 Å². The van der Waals surface area contributed by atoms with Gasteiger partial charge in [-0.15, -0.1) is 0 Å². The highest BCUT2D eigenvalue weighted by Gasteiger charge is 2.25. The second-order valence-electron chi connectivity index (χ2n) is 4.44. The first-order chi connectivity index (χ1) is 7.66. The molecule has 0 heterocycles. The topological polar surface area (TPSA) is 29.5 Å². The Bertz CT molecular complexity index is 365. The maximum atomic E-state index is 9.81. The fourth-order valence-electron chi connectivity index (χ4n) is 2.08. The molecule has 0 saturated heterocycles. The summed E-state index contributed by atoms with van der Waals surface area (Å²) in [5.41, 5.74) is 1.11. The third-order valence-electron chi connectivity index (χ3n) is 3.03. The minimum absolute atomic E-state index is 0.103. The van der Waals surface area contributed by atoms with Gasteiger partial charge in [0, 0.05) is 0 Å². The zero-order valence-corrected chi connectivity index (χ0v) is 10.2. The van der Waals surface area contributed by atoms with Gasteiger partial charge < -0.3 is 9.84 Å². The normalized spacial score (nSPS) is 25.4. The van der Waals surface area contributed by atoms with Crippen LogP contribution < -0.4 is 4.74 Å². The van der Waals surface area contributed by atoms with Crippen LogP contribution in [0.4, 0.5) is 0 Å². The quantitative estimate of drug-likeness (QED) is 0.859. The van der Waals surface area contributed by atoms with E-state index in [-0.39, 0.29) is 12.2 Å². The lowest BCUT2D eigenvalue weighted by Crippen LogP contribution is -2.34. The number of ether oxygens (including phenoxy) is 1. The molecule has 1 aliphatic rings. The second kappa shape index (κ2) is 5.07. The molecule has 1 saturated carbocycles. The van der Waals surface area contributed by atoms with Gasteiger partial charge in [-0.05, 0) is 43.9 Å². The molecular formula is C13H17ClO2. The molecule has 0 aromatic heterocycles. The number of hydrogen-bond donors (Lipinski definition) is 1. The van der Waals surface area contributed by atoms with E-state index in [9.17, 15) is 5.11 Å². The van der Waals surface area contributed by atoms with Crippen molar-refractivity contribution in [1.29, 1.82) is 0 Å². The van der Waals surface area contributed by atoms with Gasteiger partial charge in [0.2, 0.25) is 0 Å². The summed E-state index contributed by atoms with van der Waals surface area (Å²) >= 11 is 6.09. The molecule has 0 spiro atoms. The van der Waals surface area contributed by atoms with E-state index in [0.717, 1.165) is 31.2 Å². The average Bonchev–Trinajstić information content (AvgIpc) is 2.25. The van der Waals surface area contributed by atoms with Crippen LogP contribution in [-0.2, 0) is 0 Å². The van der Waals surface area contributed by atoms with Gasteiger partial charge >= 0.3 is 0 Å². The Kier molecular flexibility index (Phi) is 3.72. The Hall–Kier alpha value is -0.730. The number of hydrogen-bond acceptors (Lipinski definition) is 2. The Morgan fingerprint density at radius 3 is 2.75 bits per heavy atom. The summed E-state index contributed by atoms with van der Waals surface area (Å²) in [5, 5.41) is 10.4. The molecule has 0 bridgehead atoms. The predicted molar refractivity (Wildman–Crippen MR) is 65.1 cm³/mol. The van der Waals surface area contributed by atoms with Crippen LogP contribution in [0, 0.1) is 6.92 Å². The summed E-state index contributed by atoms with van der Waals surface area (Å²) in [7, 11) is 0. The zero-order chi connectivity index (χ0) is 11.5. The van der Waals surface area contributed by atoms with Crippen LogP contribution in [0.3, 0.4) is 0 Å². The molecule has 1 N–H and O–H groups in total. The Morgan fingerprint density at radius 2 is 2.06 bits per heavy atom. The van der Waals surface area contributed by atoms with E-state index in [1.165, 1.54) is 0 Å². The fourth-order valence-corrected chi connectivity index (χ4v) is 2.36. The molecule has 1 fully saturated rings. The lowest BCUT2D eigenvalue weighted by atomic mass is 9.95. The number of rotatable bonds is 2. The van der Waals surface area contributed by atoms with E-state index in [2.05, 4.69) is 0 Å². The summed E-state index contributed by atoms with van der Waals surface area (Å²) in [5.74, 6) is 0.679. The minimum Gasteiger partial charge on any atom is -0.486 e. The largest absolute Gasteiger partial charge is 0.486 e. The van der Waals surface area contributed by atoms with Gasteiger partial charge in [-0.2, -0.15) is 0 Å². The van der Waals surface area contributed by atoms with Crippen LogP contribution in [-0.4, -0.2) is 17.3 Å². The predicted octanol–water partition coefficient (Wildman–Crippen LogP) is 3.33. The summed E-state index contributed by atoms with van der Waals surface area (Å²) < 4.78 is 5.77. The summed E-state index contributed by atoms with van der Waals surface area (Å²) in [6.45, 7) is 1.99. The van der Waals surface area contributed by atoms with Crippen molar-refractivity contribution in [2.45, 2.75) is 44.8 Å². The third kappa shape index (κ3) is 2.69. The molecule has 2 rings (SSSR count). The van der Waals surface area contributed by atoms with Crippen molar-refractivity contribution in [1.82, 2.24) is 0 Å². The van der Waals surface area contributed by atoms with Gasteiger partial charge in [0.05, 0.1) is 11.1 Å². The number of halogens is 1. The van der Waals surface area contributed by atoms with Crippen molar-refractivity contribution < 1.29 is 9.84 Å². The third-order valence-corrected chi connectivity index (χ3v) is 3.33. The molecule has 0 radical (unpaired) electrons. The molecule has 0 unspecified atom stereocenters. The van der Waals surface area contributed by atoms with Gasteiger partial charge in [-0.1, -0.05) is 24.1 Å². The highest BCUT2D eigenvalue weighted by atomic mass is 35.5. The number of aliphatic hydroxyl groups is 1. The first-order valence-corrected chi connectivity index (χ1v) is 6.15. The molecule has 88 valence electrons.